The normalized spacial score (nSPS) is 11.8. The summed E-state index contributed by atoms with van der Waals surface area (Å²) in [7, 11) is -0.914. The van der Waals surface area contributed by atoms with Crippen molar-refractivity contribution in [3.05, 3.63) is 89.5 Å². The van der Waals surface area contributed by atoms with E-state index >= 15 is 0 Å². The molecule has 0 aliphatic rings. The fourth-order valence-electron chi connectivity index (χ4n) is 4.62. The molecule has 0 spiro atoms. The molecule has 0 unspecified atom stereocenters. The molecule has 226 valence electrons. The Labute approximate surface area is 249 Å². The summed E-state index contributed by atoms with van der Waals surface area (Å²) >= 11 is 0. The van der Waals surface area contributed by atoms with E-state index in [0.29, 0.717) is 18.0 Å². The van der Waals surface area contributed by atoms with E-state index < -0.39 is 28.5 Å². The van der Waals surface area contributed by atoms with Gasteiger partial charge in [0, 0.05) is 19.5 Å². The summed E-state index contributed by atoms with van der Waals surface area (Å²) in [6.07, 6.45) is 2.99. The molecule has 3 aromatic carbocycles. The first-order chi connectivity index (χ1) is 20.1. The summed E-state index contributed by atoms with van der Waals surface area (Å²) in [6.45, 7) is 3.88. The summed E-state index contributed by atoms with van der Waals surface area (Å²) in [5.74, 6) is 0.0893. The number of benzene rings is 3. The standard InChI is InChI=1S/C32H41N3O6S/c1-6-7-18-33-32(37)29(21-25-12-9-8-10-13-25)34(22-26-14-11-15-27(20-26)40-3)31(36)23-35(42(5,38)39)28-19-24(2)16-17-30(28)41-4/h8-17,19-20,29H,6-7,18,21-23H2,1-5H3,(H,33,37)/t29-/m0/s1. The highest BCUT2D eigenvalue weighted by atomic mass is 32.2. The molecule has 0 fully saturated rings. The highest BCUT2D eigenvalue weighted by Gasteiger charge is 2.33. The Hall–Kier alpha value is -4.05. The third kappa shape index (κ3) is 8.97. The number of aryl methyl sites for hydroxylation is 1. The van der Waals surface area contributed by atoms with Crippen molar-refractivity contribution in [3.63, 3.8) is 0 Å². The van der Waals surface area contributed by atoms with Crippen LogP contribution in [0.3, 0.4) is 0 Å². The number of carbonyl (C=O) groups is 2. The van der Waals surface area contributed by atoms with Gasteiger partial charge in [0.15, 0.2) is 0 Å². The monoisotopic (exact) mass is 595 g/mol. The van der Waals surface area contributed by atoms with E-state index in [1.165, 1.54) is 12.0 Å². The summed E-state index contributed by atoms with van der Waals surface area (Å²) < 4.78 is 38.0. The second kappa shape index (κ2) is 15.3. The number of nitrogens with one attached hydrogen (secondary N) is 1. The lowest BCUT2D eigenvalue weighted by molar-refractivity contribution is -0.140. The van der Waals surface area contributed by atoms with Crippen molar-refractivity contribution in [1.82, 2.24) is 10.2 Å². The average molecular weight is 596 g/mol. The van der Waals surface area contributed by atoms with Crippen molar-refractivity contribution in [2.75, 3.05) is 37.9 Å². The highest BCUT2D eigenvalue weighted by molar-refractivity contribution is 7.92. The van der Waals surface area contributed by atoms with Crippen LogP contribution in [-0.4, -0.2) is 64.7 Å². The molecule has 0 saturated carbocycles. The minimum atomic E-state index is -3.92. The summed E-state index contributed by atoms with van der Waals surface area (Å²) in [4.78, 5) is 29.4. The largest absolute Gasteiger partial charge is 0.497 e. The number of amides is 2. The van der Waals surface area contributed by atoms with Crippen molar-refractivity contribution in [3.8, 4) is 11.5 Å². The Morgan fingerprint density at radius 3 is 2.29 bits per heavy atom. The van der Waals surface area contributed by atoms with Crippen molar-refractivity contribution in [2.24, 2.45) is 0 Å². The van der Waals surface area contributed by atoms with Crippen LogP contribution in [0.2, 0.25) is 0 Å². The Kier molecular flexibility index (Phi) is 11.8. The van der Waals surface area contributed by atoms with Crippen LogP contribution in [0.1, 0.15) is 36.5 Å². The van der Waals surface area contributed by atoms with Crippen LogP contribution < -0.4 is 19.1 Å². The molecule has 0 aliphatic carbocycles. The molecule has 1 atom stereocenters. The molecule has 42 heavy (non-hydrogen) atoms. The van der Waals surface area contributed by atoms with Gasteiger partial charge in [0.1, 0.15) is 24.1 Å². The number of unbranched alkanes of at least 4 members (excludes halogenated alkanes) is 1. The Bertz CT molecular complexity index is 1450. The maximum atomic E-state index is 14.3. The summed E-state index contributed by atoms with van der Waals surface area (Å²) in [5.41, 5.74) is 2.66. The second-order valence-electron chi connectivity index (χ2n) is 10.2. The first-order valence-electron chi connectivity index (χ1n) is 13.9. The van der Waals surface area contributed by atoms with E-state index in [9.17, 15) is 18.0 Å². The molecular weight excluding hydrogens is 554 g/mol. The molecule has 3 rings (SSSR count). The SMILES string of the molecule is CCCCNC(=O)[C@H](Cc1ccccc1)N(Cc1cccc(OC)c1)C(=O)CN(c1cc(C)ccc1OC)S(C)(=O)=O. The zero-order valence-corrected chi connectivity index (χ0v) is 25.8. The molecule has 1 N–H and O–H groups in total. The van der Waals surface area contributed by atoms with Crippen molar-refractivity contribution < 1.29 is 27.5 Å². The minimum absolute atomic E-state index is 0.0668. The van der Waals surface area contributed by atoms with Gasteiger partial charge in [0.25, 0.3) is 0 Å². The van der Waals surface area contributed by atoms with Crippen molar-refractivity contribution >= 4 is 27.5 Å². The molecule has 0 heterocycles. The van der Waals surface area contributed by atoms with Gasteiger partial charge in [-0.1, -0.05) is 61.9 Å². The average Bonchev–Trinajstić information content (AvgIpc) is 2.97. The van der Waals surface area contributed by atoms with Crippen LogP contribution >= 0.6 is 0 Å². The number of methoxy groups -OCH3 is 2. The van der Waals surface area contributed by atoms with Gasteiger partial charge in [-0.2, -0.15) is 0 Å². The minimum Gasteiger partial charge on any atom is -0.497 e. The number of sulfonamides is 1. The van der Waals surface area contributed by atoms with Crippen LogP contribution in [-0.2, 0) is 32.6 Å². The van der Waals surface area contributed by atoms with Gasteiger partial charge in [-0.25, -0.2) is 8.42 Å². The lowest BCUT2D eigenvalue weighted by Crippen LogP contribution is -2.53. The lowest BCUT2D eigenvalue weighted by Gasteiger charge is -2.34. The van der Waals surface area contributed by atoms with E-state index in [1.807, 2.05) is 56.3 Å². The van der Waals surface area contributed by atoms with E-state index in [-0.39, 0.29) is 24.6 Å². The van der Waals surface area contributed by atoms with E-state index in [2.05, 4.69) is 5.32 Å². The van der Waals surface area contributed by atoms with Crippen LogP contribution in [0.15, 0.2) is 72.8 Å². The first kappa shape index (κ1) is 32.5. The van der Waals surface area contributed by atoms with Crippen LogP contribution in [0, 0.1) is 6.92 Å². The fourth-order valence-corrected chi connectivity index (χ4v) is 5.46. The summed E-state index contributed by atoms with van der Waals surface area (Å²) in [6, 6.07) is 20.9. The predicted molar refractivity (Wildman–Crippen MR) is 165 cm³/mol. The molecule has 0 aromatic heterocycles. The van der Waals surface area contributed by atoms with Crippen molar-refractivity contribution in [2.45, 2.75) is 45.7 Å². The quantitative estimate of drug-likeness (QED) is 0.262. The van der Waals surface area contributed by atoms with Crippen LogP contribution in [0.5, 0.6) is 11.5 Å². The smallest absolute Gasteiger partial charge is 0.244 e. The second-order valence-corrected chi connectivity index (χ2v) is 12.1. The van der Waals surface area contributed by atoms with Gasteiger partial charge in [-0.3, -0.25) is 13.9 Å². The van der Waals surface area contributed by atoms with Gasteiger partial charge in [0.2, 0.25) is 21.8 Å². The number of rotatable bonds is 15. The molecular formula is C32H41N3O6S. The molecule has 10 heteroatoms. The number of hydrogen-bond acceptors (Lipinski definition) is 6. The number of nitrogens with zero attached hydrogens (tertiary/aromatic N) is 2. The molecule has 0 bridgehead atoms. The summed E-state index contributed by atoms with van der Waals surface area (Å²) in [5, 5.41) is 2.98. The molecule has 0 aliphatic heterocycles. The van der Waals surface area contributed by atoms with Gasteiger partial charge in [0.05, 0.1) is 26.2 Å². The number of anilines is 1. The Morgan fingerprint density at radius 1 is 0.929 bits per heavy atom. The molecule has 2 amide bonds. The van der Waals surface area contributed by atoms with E-state index in [1.54, 1.807) is 37.4 Å². The fraction of sp³-hybridized carbons (Fsp3) is 0.375. The van der Waals surface area contributed by atoms with Gasteiger partial charge in [-0.05, 0) is 54.3 Å². The topological polar surface area (TPSA) is 105 Å². The van der Waals surface area contributed by atoms with Gasteiger partial charge < -0.3 is 19.7 Å². The van der Waals surface area contributed by atoms with Crippen LogP contribution in [0.25, 0.3) is 0 Å². The van der Waals surface area contributed by atoms with Gasteiger partial charge >= 0.3 is 0 Å². The molecule has 3 aromatic rings. The highest BCUT2D eigenvalue weighted by Crippen LogP contribution is 2.31. The Balaban J connectivity index is 2.09. The molecule has 0 radical (unpaired) electrons. The third-order valence-electron chi connectivity index (χ3n) is 6.87. The third-order valence-corrected chi connectivity index (χ3v) is 8.00. The first-order valence-corrected chi connectivity index (χ1v) is 15.8. The predicted octanol–water partition coefficient (Wildman–Crippen LogP) is 4.33. The maximum absolute atomic E-state index is 14.3. The van der Waals surface area contributed by atoms with Gasteiger partial charge in [-0.15, -0.1) is 0 Å². The zero-order chi connectivity index (χ0) is 30.7. The van der Waals surface area contributed by atoms with Crippen LogP contribution in [0.4, 0.5) is 5.69 Å². The molecule has 0 saturated heterocycles. The van der Waals surface area contributed by atoms with E-state index in [0.717, 1.165) is 40.1 Å². The zero-order valence-electron chi connectivity index (χ0n) is 25.0. The maximum Gasteiger partial charge on any atom is 0.244 e. The molecule has 9 nitrogen and oxygen atoms in total. The Morgan fingerprint density at radius 2 is 1.64 bits per heavy atom. The van der Waals surface area contributed by atoms with E-state index in [4.69, 9.17) is 9.47 Å². The number of carbonyl (C=O) groups excluding carboxylic acids is 2. The van der Waals surface area contributed by atoms with Crippen molar-refractivity contribution in [1.29, 1.82) is 0 Å². The number of hydrogen-bond donors (Lipinski definition) is 1. The number of ether oxygens (including phenoxy) is 2. The lowest BCUT2D eigenvalue weighted by atomic mass is 10.0.